The van der Waals surface area contributed by atoms with Gasteiger partial charge in [-0.2, -0.15) is 0 Å². The second kappa shape index (κ2) is 7.38. The number of hydrogen-bond donors (Lipinski definition) is 3. The molecule has 0 radical (unpaired) electrons. The lowest BCUT2D eigenvalue weighted by atomic mass is 9.95. The number of carbonyl (C=O) groups is 1. The third kappa shape index (κ3) is 4.16. The van der Waals surface area contributed by atoms with Gasteiger partial charge in [-0.25, -0.2) is 0 Å². The van der Waals surface area contributed by atoms with Crippen molar-refractivity contribution in [2.75, 3.05) is 6.54 Å². The van der Waals surface area contributed by atoms with Gasteiger partial charge in [-0.15, -0.1) is 6.58 Å². The van der Waals surface area contributed by atoms with Gasteiger partial charge in [-0.1, -0.05) is 24.3 Å². The number of hydrogen-bond acceptors (Lipinski definition) is 3. The van der Waals surface area contributed by atoms with Crippen LogP contribution in [0.4, 0.5) is 0 Å². The van der Waals surface area contributed by atoms with E-state index in [0.717, 1.165) is 18.4 Å². The van der Waals surface area contributed by atoms with Crippen molar-refractivity contribution in [2.45, 2.75) is 44.2 Å². The molecule has 0 saturated carbocycles. The molecule has 2 atom stereocenters. The molecule has 1 aromatic rings. The minimum absolute atomic E-state index is 0.0385. The first-order chi connectivity index (χ1) is 10.1. The molecule has 0 bridgehead atoms. The van der Waals surface area contributed by atoms with Crippen LogP contribution in [0.2, 0.25) is 0 Å². The topological polar surface area (TPSA) is 69.6 Å². The van der Waals surface area contributed by atoms with Gasteiger partial charge in [-0.3, -0.25) is 4.79 Å². The molecular weight excluding hydrogens is 266 g/mol. The van der Waals surface area contributed by atoms with Gasteiger partial charge < -0.3 is 15.5 Å². The lowest BCUT2D eigenvalue weighted by Crippen LogP contribution is -2.35. The van der Waals surface area contributed by atoms with Crippen LogP contribution in [0.5, 0.6) is 0 Å². The lowest BCUT2D eigenvalue weighted by molar-refractivity contribution is -0.137. The van der Waals surface area contributed by atoms with Crippen LogP contribution in [0.3, 0.4) is 0 Å². The molecule has 0 amide bonds. The van der Waals surface area contributed by atoms with Gasteiger partial charge in [0.1, 0.15) is 0 Å². The summed E-state index contributed by atoms with van der Waals surface area (Å²) in [5, 5.41) is 22.6. The number of aliphatic hydroxyl groups is 1. The maximum atomic E-state index is 10.8. The number of rotatable bonds is 8. The van der Waals surface area contributed by atoms with Crippen LogP contribution in [0, 0.1) is 0 Å². The number of fused-ring (bicyclic) bond motifs is 1. The summed E-state index contributed by atoms with van der Waals surface area (Å²) in [7, 11) is 0. The molecule has 0 saturated heterocycles. The fraction of sp³-hybridized carbons (Fsp3) is 0.471. The molecule has 0 aromatic heterocycles. The van der Waals surface area contributed by atoms with E-state index in [-0.39, 0.29) is 12.5 Å². The number of aryl methyl sites for hydroxylation is 2. The number of nitrogens with one attached hydrogen (secondary N) is 1. The van der Waals surface area contributed by atoms with Crippen molar-refractivity contribution >= 4 is 5.97 Å². The molecule has 0 aliphatic heterocycles. The Morgan fingerprint density at radius 1 is 1.38 bits per heavy atom. The minimum Gasteiger partial charge on any atom is -0.481 e. The standard InChI is InChI=1S/C17H23NO3/c1-2-10-18-15(8-9-16(19)20)17(21)14-7-6-12-4-3-5-13(12)11-14/h2,6-7,11,15,17-18,21H,1,3-5,8-10H2,(H,19,20). The second-order valence-electron chi connectivity index (χ2n) is 5.56. The molecule has 0 fully saturated rings. The molecule has 0 heterocycles. The molecule has 4 nitrogen and oxygen atoms in total. The summed E-state index contributed by atoms with van der Waals surface area (Å²) >= 11 is 0. The van der Waals surface area contributed by atoms with E-state index in [4.69, 9.17) is 5.11 Å². The van der Waals surface area contributed by atoms with Gasteiger partial charge in [-0.05, 0) is 42.4 Å². The van der Waals surface area contributed by atoms with Crippen LogP contribution in [-0.4, -0.2) is 28.8 Å². The molecule has 2 unspecified atom stereocenters. The number of aliphatic carboxylic acids is 1. The fourth-order valence-corrected chi connectivity index (χ4v) is 2.89. The highest BCUT2D eigenvalue weighted by molar-refractivity contribution is 5.66. The predicted octanol–water partition coefficient (Wildman–Crippen LogP) is 2.22. The predicted molar refractivity (Wildman–Crippen MR) is 82.3 cm³/mol. The summed E-state index contributed by atoms with van der Waals surface area (Å²) < 4.78 is 0. The molecule has 2 rings (SSSR count). The number of benzene rings is 1. The highest BCUT2D eigenvalue weighted by Crippen LogP contribution is 2.27. The lowest BCUT2D eigenvalue weighted by Gasteiger charge is -2.24. The Labute approximate surface area is 125 Å². The van der Waals surface area contributed by atoms with Crippen molar-refractivity contribution in [3.05, 3.63) is 47.5 Å². The largest absolute Gasteiger partial charge is 0.481 e. The highest BCUT2D eigenvalue weighted by Gasteiger charge is 2.22. The zero-order valence-corrected chi connectivity index (χ0v) is 12.2. The molecule has 1 aliphatic carbocycles. The van der Waals surface area contributed by atoms with E-state index in [0.29, 0.717) is 13.0 Å². The average molecular weight is 289 g/mol. The molecule has 3 N–H and O–H groups in total. The summed E-state index contributed by atoms with van der Waals surface area (Å²) in [6.07, 6.45) is 4.79. The summed E-state index contributed by atoms with van der Waals surface area (Å²) in [6, 6.07) is 5.83. The SMILES string of the molecule is C=CCNC(CCC(=O)O)C(O)c1ccc2c(c1)CCC2. The van der Waals surface area contributed by atoms with Gasteiger partial charge in [0, 0.05) is 19.0 Å². The summed E-state index contributed by atoms with van der Waals surface area (Å²) in [4.78, 5) is 10.8. The first kappa shape index (κ1) is 15.7. The van der Waals surface area contributed by atoms with Crippen LogP contribution in [-0.2, 0) is 17.6 Å². The van der Waals surface area contributed by atoms with Crippen LogP contribution >= 0.6 is 0 Å². The monoisotopic (exact) mass is 289 g/mol. The number of carboxylic acid groups (broad SMARTS) is 1. The first-order valence-corrected chi connectivity index (χ1v) is 7.47. The van der Waals surface area contributed by atoms with Gasteiger partial charge in [0.2, 0.25) is 0 Å². The first-order valence-electron chi connectivity index (χ1n) is 7.47. The van der Waals surface area contributed by atoms with E-state index in [1.165, 1.54) is 17.5 Å². The van der Waals surface area contributed by atoms with Crippen molar-refractivity contribution < 1.29 is 15.0 Å². The Balaban J connectivity index is 2.10. The molecule has 0 spiro atoms. The van der Waals surface area contributed by atoms with E-state index in [9.17, 15) is 9.90 Å². The molecule has 21 heavy (non-hydrogen) atoms. The minimum atomic E-state index is -0.846. The van der Waals surface area contributed by atoms with Crippen molar-refractivity contribution in [1.82, 2.24) is 5.32 Å². The number of carboxylic acids is 1. The van der Waals surface area contributed by atoms with E-state index in [1.807, 2.05) is 6.07 Å². The Morgan fingerprint density at radius 2 is 2.14 bits per heavy atom. The molecule has 1 aromatic carbocycles. The molecule has 4 heteroatoms. The van der Waals surface area contributed by atoms with E-state index < -0.39 is 12.1 Å². The van der Waals surface area contributed by atoms with Crippen LogP contribution in [0.25, 0.3) is 0 Å². The average Bonchev–Trinajstić information content (AvgIpc) is 2.93. The molecule has 114 valence electrons. The maximum absolute atomic E-state index is 10.8. The number of aliphatic hydroxyl groups excluding tert-OH is 1. The molecule has 1 aliphatic rings. The Kier molecular flexibility index (Phi) is 5.53. The van der Waals surface area contributed by atoms with Crippen LogP contribution < -0.4 is 5.32 Å². The second-order valence-corrected chi connectivity index (χ2v) is 5.56. The third-order valence-electron chi connectivity index (χ3n) is 4.04. The van der Waals surface area contributed by atoms with Crippen molar-refractivity contribution in [3.63, 3.8) is 0 Å². The zero-order chi connectivity index (χ0) is 15.2. The van der Waals surface area contributed by atoms with Gasteiger partial charge >= 0.3 is 5.97 Å². The third-order valence-corrected chi connectivity index (χ3v) is 4.04. The summed E-state index contributed by atoms with van der Waals surface area (Å²) in [5.74, 6) is -0.846. The summed E-state index contributed by atoms with van der Waals surface area (Å²) in [6.45, 7) is 4.19. The summed E-state index contributed by atoms with van der Waals surface area (Å²) in [5.41, 5.74) is 3.54. The highest BCUT2D eigenvalue weighted by atomic mass is 16.4. The zero-order valence-electron chi connectivity index (χ0n) is 12.2. The van der Waals surface area contributed by atoms with Gasteiger partial charge in [0.15, 0.2) is 0 Å². The van der Waals surface area contributed by atoms with Gasteiger partial charge in [0.25, 0.3) is 0 Å². The van der Waals surface area contributed by atoms with Crippen molar-refractivity contribution in [1.29, 1.82) is 0 Å². The Hall–Kier alpha value is -1.65. The van der Waals surface area contributed by atoms with Gasteiger partial charge in [0.05, 0.1) is 6.10 Å². The maximum Gasteiger partial charge on any atom is 0.303 e. The van der Waals surface area contributed by atoms with Crippen molar-refractivity contribution in [3.8, 4) is 0 Å². The van der Waals surface area contributed by atoms with Crippen LogP contribution in [0.1, 0.15) is 42.1 Å². The quantitative estimate of drug-likeness (QED) is 0.642. The van der Waals surface area contributed by atoms with Crippen molar-refractivity contribution in [2.24, 2.45) is 0 Å². The Morgan fingerprint density at radius 3 is 2.86 bits per heavy atom. The fourth-order valence-electron chi connectivity index (χ4n) is 2.89. The normalized spacial score (nSPS) is 16.2. The van der Waals surface area contributed by atoms with Crippen LogP contribution in [0.15, 0.2) is 30.9 Å². The van der Waals surface area contributed by atoms with E-state index in [2.05, 4.69) is 24.0 Å². The molecular formula is C17H23NO3. The Bertz CT molecular complexity index is 513. The van der Waals surface area contributed by atoms with E-state index in [1.54, 1.807) is 6.08 Å². The smallest absolute Gasteiger partial charge is 0.303 e. The van der Waals surface area contributed by atoms with E-state index >= 15 is 0 Å².